The smallest absolute Gasteiger partial charge is 0.462 e. The molecule has 0 aliphatic rings. The molecule has 96 heavy (non-hydrogen) atoms. The highest BCUT2D eigenvalue weighted by Gasteiger charge is 2.30. The molecule has 0 saturated heterocycles. The minimum absolute atomic E-state index is 0.0841. The molecule has 0 fully saturated rings. The molecule has 0 bridgehead atoms. The van der Waals surface area contributed by atoms with E-state index in [1.807, 2.05) is 0 Å². The average molecular weight is 1410 g/mol. The Morgan fingerprint density at radius 1 is 0.333 bits per heavy atom. The fraction of sp³-hybridized carbons (Fsp3) is 0.896. The number of phosphoric ester groups is 2. The van der Waals surface area contributed by atoms with E-state index >= 15 is 0 Å². The van der Waals surface area contributed by atoms with E-state index in [2.05, 4.69) is 65.8 Å². The van der Waals surface area contributed by atoms with Crippen LogP contribution < -0.4 is 0 Å². The van der Waals surface area contributed by atoms with Gasteiger partial charge in [0, 0.05) is 25.7 Å². The number of carbonyl (C=O) groups excluding carboxylic acids is 4. The first kappa shape index (κ1) is 93.5. The van der Waals surface area contributed by atoms with E-state index in [1.165, 1.54) is 173 Å². The molecule has 0 aromatic carbocycles. The van der Waals surface area contributed by atoms with Crippen LogP contribution in [0.3, 0.4) is 0 Å². The Morgan fingerprint density at radius 3 is 0.885 bits per heavy atom. The molecule has 0 amide bonds. The summed E-state index contributed by atoms with van der Waals surface area (Å²) in [5.74, 6) is -0.463. The zero-order chi connectivity index (χ0) is 70.7. The van der Waals surface area contributed by atoms with Gasteiger partial charge in [-0.3, -0.25) is 37.3 Å². The van der Waals surface area contributed by atoms with Crippen molar-refractivity contribution in [2.75, 3.05) is 39.6 Å². The number of unbranched alkanes of at least 4 members (excludes halogenated alkanes) is 39. The average Bonchev–Trinajstić information content (AvgIpc) is 1.28. The molecule has 0 saturated carbocycles. The Kier molecular flexibility index (Phi) is 66.6. The summed E-state index contributed by atoms with van der Waals surface area (Å²) in [5.41, 5.74) is 0. The molecule has 0 aliphatic carbocycles. The van der Waals surface area contributed by atoms with E-state index in [4.69, 9.17) is 37.0 Å². The van der Waals surface area contributed by atoms with E-state index in [-0.39, 0.29) is 25.7 Å². The molecule has 7 atom stereocenters. The summed E-state index contributed by atoms with van der Waals surface area (Å²) >= 11 is 0. The van der Waals surface area contributed by atoms with Gasteiger partial charge >= 0.3 is 39.5 Å². The van der Waals surface area contributed by atoms with Gasteiger partial charge in [-0.1, -0.05) is 323 Å². The monoisotopic (exact) mass is 1410 g/mol. The number of hydrogen-bond acceptors (Lipinski definition) is 15. The van der Waals surface area contributed by atoms with Crippen molar-refractivity contribution in [1.82, 2.24) is 0 Å². The van der Waals surface area contributed by atoms with Gasteiger partial charge in [-0.15, -0.1) is 0 Å². The SMILES string of the molecule is CCCCCC/C=C\C=C/CCCCCCCC(=O)O[C@H](COC(=O)CCCCCCC)COP(=O)(O)OC[C@H](O)COP(=O)(O)OC[C@@H](COC(=O)CCCCCCCCCCCCCCCCC(C)CC)OC(=O)CCCCCCCCCCCCCCCCC(C)CC. The second-order valence-corrected chi connectivity index (χ2v) is 30.5. The Hall–Kier alpha value is -2.46. The van der Waals surface area contributed by atoms with Crippen molar-refractivity contribution in [3.63, 3.8) is 0 Å². The number of ether oxygens (including phenoxy) is 4. The van der Waals surface area contributed by atoms with Crippen LogP contribution in [0.4, 0.5) is 0 Å². The molecule has 0 aliphatic heterocycles. The zero-order valence-electron chi connectivity index (χ0n) is 62.2. The quantitative estimate of drug-likeness (QED) is 0.0169. The number of phosphoric acid groups is 2. The van der Waals surface area contributed by atoms with Crippen LogP contribution in [0.15, 0.2) is 24.3 Å². The summed E-state index contributed by atoms with van der Waals surface area (Å²) < 4.78 is 68.3. The van der Waals surface area contributed by atoms with Gasteiger partial charge < -0.3 is 33.8 Å². The summed E-state index contributed by atoms with van der Waals surface area (Å²) in [4.78, 5) is 72.5. The number of rotatable bonds is 74. The molecule has 17 nitrogen and oxygen atoms in total. The largest absolute Gasteiger partial charge is 0.472 e. The first-order valence-electron chi connectivity index (χ1n) is 39.4. The Balaban J connectivity index is 5.18. The van der Waals surface area contributed by atoms with Crippen molar-refractivity contribution in [3.8, 4) is 0 Å². The molecule has 0 heterocycles. The third-order valence-electron chi connectivity index (χ3n) is 18.1. The van der Waals surface area contributed by atoms with Crippen molar-refractivity contribution in [1.29, 1.82) is 0 Å². The van der Waals surface area contributed by atoms with E-state index < -0.39 is 97.5 Å². The summed E-state index contributed by atoms with van der Waals surface area (Å²) in [6.07, 6.45) is 59.3. The number of aliphatic hydroxyl groups is 1. The van der Waals surface area contributed by atoms with Gasteiger partial charge in [0.05, 0.1) is 26.4 Å². The van der Waals surface area contributed by atoms with Crippen LogP contribution in [0, 0.1) is 11.8 Å². The highest BCUT2D eigenvalue weighted by atomic mass is 31.2. The highest BCUT2D eigenvalue weighted by Crippen LogP contribution is 2.45. The summed E-state index contributed by atoms with van der Waals surface area (Å²) in [6, 6.07) is 0. The lowest BCUT2D eigenvalue weighted by molar-refractivity contribution is -0.161. The van der Waals surface area contributed by atoms with Gasteiger partial charge in [0.15, 0.2) is 12.2 Å². The van der Waals surface area contributed by atoms with Gasteiger partial charge in [-0.05, 0) is 63.2 Å². The third kappa shape index (κ3) is 67.4. The molecular weight excluding hydrogens is 1260 g/mol. The number of hydrogen-bond donors (Lipinski definition) is 3. The zero-order valence-corrected chi connectivity index (χ0v) is 63.9. The molecule has 19 heteroatoms. The lowest BCUT2D eigenvalue weighted by Crippen LogP contribution is -2.30. The van der Waals surface area contributed by atoms with E-state index in [0.29, 0.717) is 25.7 Å². The number of allylic oxidation sites excluding steroid dienone is 4. The number of esters is 4. The lowest BCUT2D eigenvalue weighted by atomic mass is 9.99. The molecular formula is C77H146O17P2. The molecule has 4 unspecified atom stereocenters. The van der Waals surface area contributed by atoms with E-state index in [0.717, 1.165) is 121 Å². The predicted octanol–water partition coefficient (Wildman–Crippen LogP) is 22.3. The summed E-state index contributed by atoms with van der Waals surface area (Å²) in [6.45, 7) is 9.55. The van der Waals surface area contributed by atoms with Crippen LogP contribution in [-0.2, 0) is 65.4 Å². The van der Waals surface area contributed by atoms with Crippen molar-refractivity contribution < 1.29 is 80.2 Å². The lowest BCUT2D eigenvalue weighted by Gasteiger charge is -2.21. The predicted molar refractivity (Wildman–Crippen MR) is 391 cm³/mol. The standard InChI is InChI=1S/C77H146O17P2/c1-7-11-13-15-16-17-18-19-20-28-33-38-43-49-55-61-76(81)93-72(65-87-74(79)59-53-45-14-12-8-2)67-91-95(83,84)89-63-71(78)64-90-96(85,86)92-68-73(94-77(82)62-56-50-44-39-34-29-24-22-26-31-36-41-47-52-58-70(6)10-4)66-88-75(80)60-54-48-42-37-32-27-23-21-25-30-35-40-46-51-57-69(5)9-3/h17-20,69-73,78H,7-16,21-68H2,1-6H3,(H,83,84)(H,85,86)/b18-17-,20-19-/t69?,70?,71-,72+,73+/m0/s1. The molecule has 0 rings (SSSR count). The third-order valence-corrected chi connectivity index (χ3v) is 20.0. The molecule has 0 radical (unpaired) electrons. The second-order valence-electron chi connectivity index (χ2n) is 27.5. The van der Waals surface area contributed by atoms with Gasteiger partial charge in [0.1, 0.15) is 19.3 Å². The van der Waals surface area contributed by atoms with Crippen LogP contribution in [0.25, 0.3) is 0 Å². The fourth-order valence-corrected chi connectivity index (χ4v) is 12.8. The summed E-state index contributed by atoms with van der Waals surface area (Å²) in [7, 11) is -9.92. The Bertz CT molecular complexity index is 1950. The summed E-state index contributed by atoms with van der Waals surface area (Å²) in [5, 5.41) is 10.6. The number of carbonyl (C=O) groups is 4. The Labute approximate surface area is 586 Å². The van der Waals surface area contributed by atoms with Gasteiger partial charge in [-0.2, -0.15) is 0 Å². The molecule has 0 spiro atoms. The molecule has 566 valence electrons. The van der Waals surface area contributed by atoms with E-state index in [1.54, 1.807) is 0 Å². The van der Waals surface area contributed by atoms with Crippen LogP contribution in [-0.4, -0.2) is 96.7 Å². The van der Waals surface area contributed by atoms with Gasteiger partial charge in [0.2, 0.25) is 0 Å². The maximum absolute atomic E-state index is 13.1. The van der Waals surface area contributed by atoms with E-state index in [9.17, 15) is 43.2 Å². The van der Waals surface area contributed by atoms with Crippen molar-refractivity contribution in [2.24, 2.45) is 11.8 Å². The fourth-order valence-electron chi connectivity index (χ4n) is 11.2. The van der Waals surface area contributed by atoms with Crippen molar-refractivity contribution >= 4 is 39.5 Å². The molecule has 3 N–H and O–H groups in total. The molecule has 0 aromatic rings. The molecule has 0 aromatic heterocycles. The minimum atomic E-state index is -4.96. The normalized spacial score (nSPS) is 14.7. The van der Waals surface area contributed by atoms with Crippen LogP contribution >= 0.6 is 15.6 Å². The van der Waals surface area contributed by atoms with Crippen molar-refractivity contribution in [3.05, 3.63) is 24.3 Å². The maximum Gasteiger partial charge on any atom is 0.472 e. The van der Waals surface area contributed by atoms with Crippen molar-refractivity contribution in [2.45, 2.75) is 394 Å². The minimum Gasteiger partial charge on any atom is -0.462 e. The topological polar surface area (TPSA) is 237 Å². The van der Waals surface area contributed by atoms with Crippen LogP contribution in [0.1, 0.15) is 375 Å². The first-order valence-corrected chi connectivity index (χ1v) is 42.4. The first-order chi connectivity index (χ1) is 46.4. The Morgan fingerprint density at radius 2 is 0.583 bits per heavy atom. The van der Waals surface area contributed by atoms with Gasteiger partial charge in [0.25, 0.3) is 0 Å². The maximum atomic E-state index is 13.1. The van der Waals surface area contributed by atoms with Crippen LogP contribution in [0.5, 0.6) is 0 Å². The number of aliphatic hydroxyl groups excluding tert-OH is 1. The van der Waals surface area contributed by atoms with Gasteiger partial charge in [-0.25, -0.2) is 9.13 Å². The highest BCUT2D eigenvalue weighted by molar-refractivity contribution is 7.47. The second kappa shape index (κ2) is 68.3. The van der Waals surface area contributed by atoms with Crippen LogP contribution in [0.2, 0.25) is 0 Å².